The largest absolute Gasteiger partial charge is 0.488 e. The van der Waals surface area contributed by atoms with Crippen LogP contribution in [-0.2, 0) is 11.3 Å². The number of rotatable bonds is 7. The summed E-state index contributed by atoms with van der Waals surface area (Å²) >= 11 is 0. The molecule has 1 aromatic carbocycles. The Balaban J connectivity index is 2.46. The van der Waals surface area contributed by atoms with E-state index in [4.69, 9.17) is 14.8 Å². The van der Waals surface area contributed by atoms with Crippen molar-refractivity contribution in [3.8, 4) is 0 Å². The van der Waals surface area contributed by atoms with E-state index >= 15 is 0 Å². The Labute approximate surface area is 108 Å². The third-order valence-corrected chi connectivity index (χ3v) is 2.71. The van der Waals surface area contributed by atoms with Gasteiger partial charge in [0.15, 0.2) is 0 Å². The Hall–Kier alpha value is -0.905. The normalized spacial score (nSPS) is 11.0. The maximum Gasteiger partial charge on any atom is 0.488 e. The van der Waals surface area contributed by atoms with Gasteiger partial charge in [-0.05, 0) is 41.9 Å². The maximum atomic E-state index is 13.0. The van der Waals surface area contributed by atoms with Crippen LogP contribution >= 0.6 is 0 Å². The molecule has 0 atom stereocenters. The smallest absolute Gasteiger partial charge is 0.423 e. The molecule has 0 bridgehead atoms. The molecule has 0 saturated heterocycles. The average Bonchev–Trinajstić information content (AvgIpc) is 2.29. The van der Waals surface area contributed by atoms with Gasteiger partial charge in [0.05, 0.1) is 6.61 Å². The summed E-state index contributed by atoms with van der Waals surface area (Å²) in [5.41, 5.74) is 0.773. The fourth-order valence-corrected chi connectivity index (χ4v) is 1.71. The molecule has 1 aromatic rings. The van der Waals surface area contributed by atoms with Gasteiger partial charge in [-0.2, -0.15) is 0 Å². The fraction of sp³-hybridized carbons (Fsp3) is 0.538. The van der Waals surface area contributed by atoms with Crippen molar-refractivity contribution < 1.29 is 19.2 Å². The van der Waals surface area contributed by atoms with Gasteiger partial charge in [-0.15, -0.1) is 0 Å². The Morgan fingerprint density at radius 2 is 2.06 bits per heavy atom. The highest BCUT2D eigenvalue weighted by atomic mass is 19.1. The van der Waals surface area contributed by atoms with Gasteiger partial charge in [0.1, 0.15) is 5.82 Å². The Morgan fingerprint density at radius 3 is 2.67 bits per heavy atom. The molecule has 3 nitrogen and oxygen atoms in total. The Morgan fingerprint density at radius 1 is 1.33 bits per heavy atom. The molecule has 5 heteroatoms. The summed E-state index contributed by atoms with van der Waals surface area (Å²) in [4.78, 5) is 0. The van der Waals surface area contributed by atoms with Gasteiger partial charge >= 0.3 is 7.12 Å². The summed E-state index contributed by atoms with van der Waals surface area (Å²) in [5, 5.41) is 18.3. The number of hydrogen-bond acceptors (Lipinski definition) is 3. The molecule has 0 aromatic heterocycles. The van der Waals surface area contributed by atoms with Crippen LogP contribution in [0, 0.1) is 11.7 Å². The van der Waals surface area contributed by atoms with Crippen LogP contribution in [0.25, 0.3) is 0 Å². The lowest BCUT2D eigenvalue weighted by Crippen LogP contribution is -2.33. The molecule has 0 aliphatic carbocycles. The predicted molar refractivity (Wildman–Crippen MR) is 70.0 cm³/mol. The second-order valence-corrected chi connectivity index (χ2v) is 4.81. The van der Waals surface area contributed by atoms with E-state index in [2.05, 4.69) is 13.8 Å². The highest BCUT2D eigenvalue weighted by Gasteiger charge is 2.16. The minimum atomic E-state index is -1.67. The van der Waals surface area contributed by atoms with Crippen molar-refractivity contribution in [3.05, 3.63) is 29.6 Å². The predicted octanol–water partition coefficient (Wildman–Crippen LogP) is 1.46. The minimum Gasteiger partial charge on any atom is -0.423 e. The van der Waals surface area contributed by atoms with Crippen molar-refractivity contribution in [2.24, 2.45) is 5.92 Å². The quantitative estimate of drug-likeness (QED) is 0.572. The molecule has 1 rings (SSSR count). The molecule has 0 amide bonds. The average molecular weight is 254 g/mol. The molecular formula is C13H20BFO3. The van der Waals surface area contributed by atoms with E-state index in [9.17, 15) is 4.39 Å². The van der Waals surface area contributed by atoms with E-state index in [1.807, 2.05) is 0 Å². The highest BCUT2D eigenvalue weighted by Crippen LogP contribution is 2.06. The summed E-state index contributed by atoms with van der Waals surface area (Å²) in [6, 6.07) is 3.93. The number of benzene rings is 1. The zero-order chi connectivity index (χ0) is 13.5. The van der Waals surface area contributed by atoms with Gasteiger partial charge in [-0.1, -0.05) is 19.9 Å². The maximum absolute atomic E-state index is 13.0. The number of halogens is 1. The molecule has 0 heterocycles. The first-order chi connectivity index (χ1) is 8.50. The van der Waals surface area contributed by atoms with Gasteiger partial charge in [0.25, 0.3) is 0 Å². The minimum absolute atomic E-state index is 0.166. The SMILES string of the molecule is CC(C)CCCOCc1ccc(F)cc1B(O)O. The van der Waals surface area contributed by atoms with Crippen LogP contribution in [0.1, 0.15) is 32.3 Å². The number of ether oxygens (including phenoxy) is 1. The van der Waals surface area contributed by atoms with Crippen molar-refractivity contribution in [2.45, 2.75) is 33.3 Å². The fourth-order valence-electron chi connectivity index (χ4n) is 1.71. The van der Waals surface area contributed by atoms with Crippen LogP contribution in [0.3, 0.4) is 0 Å². The van der Waals surface area contributed by atoms with E-state index in [0.717, 1.165) is 18.9 Å². The van der Waals surface area contributed by atoms with Crippen LogP contribution in [0.2, 0.25) is 0 Å². The van der Waals surface area contributed by atoms with E-state index < -0.39 is 12.9 Å². The summed E-state index contributed by atoms with van der Waals surface area (Å²) in [7, 11) is -1.67. The lowest BCUT2D eigenvalue weighted by Gasteiger charge is -2.10. The summed E-state index contributed by atoms with van der Waals surface area (Å²) in [5.74, 6) is 0.163. The standard InChI is InChI=1S/C13H20BFO3/c1-10(2)4-3-7-18-9-11-5-6-12(15)8-13(11)14(16)17/h5-6,8,10,16-17H,3-4,7,9H2,1-2H3. The molecule has 0 spiro atoms. The van der Waals surface area contributed by atoms with E-state index in [0.29, 0.717) is 18.1 Å². The molecule has 0 aliphatic rings. The molecule has 2 N–H and O–H groups in total. The third-order valence-electron chi connectivity index (χ3n) is 2.71. The number of hydrogen-bond donors (Lipinski definition) is 2. The van der Waals surface area contributed by atoms with Crippen molar-refractivity contribution in [1.82, 2.24) is 0 Å². The van der Waals surface area contributed by atoms with E-state index in [-0.39, 0.29) is 12.1 Å². The first-order valence-electron chi connectivity index (χ1n) is 6.23. The van der Waals surface area contributed by atoms with Crippen LogP contribution in [-0.4, -0.2) is 23.8 Å². The molecule has 0 radical (unpaired) electrons. The molecule has 100 valence electrons. The highest BCUT2D eigenvalue weighted by molar-refractivity contribution is 6.59. The third kappa shape index (κ3) is 5.17. The topological polar surface area (TPSA) is 49.7 Å². The summed E-state index contributed by atoms with van der Waals surface area (Å²) < 4.78 is 18.4. The van der Waals surface area contributed by atoms with Crippen LogP contribution in [0.15, 0.2) is 18.2 Å². The van der Waals surface area contributed by atoms with Gasteiger partial charge in [-0.25, -0.2) is 4.39 Å². The first-order valence-corrected chi connectivity index (χ1v) is 6.23. The lowest BCUT2D eigenvalue weighted by molar-refractivity contribution is 0.115. The Kier molecular flexibility index (Phi) is 6.32. The van der Waals surface area contributed by atoms with Crippen molar-refractivity contribution >= 4 is 12.6 Å². The van der Waals surface area contributed by atoms with E-state index in [1.54, 1.807) is 0 Å². The van der Waals surface area contributed by atoms with Crippen LogP contribution in [0.5, 0.6) is 0 Å². The first kappa shape index (κ1) is 15.2. The molecule has 0 unspecified atom stereocenters. The van der Waals surface area contributed by atoms with Gasteiger partial charge < -0.3 is 14.8 Å². The second kappa shape index (κ2) is 7.51. The van der Waals surface area contributed by atoms with Gasteiger partial charge in [-0.3, -0.25) is 0 Å². The molecular weight excluding hydrogens is 234 g/mol. The zero-order valence-electron chi connectivity index (χ0n) is 10.9. The van der Waals surface area contributed by atoms with Gasteiger partial charge in [0.2, 0.25) is 0 Å². The van der Waals surface area contributed by atoms with Crippen molar-refractivity contribution in [3.63, 3.8) is 0 Å². The monoisotopic (exact) mass is 254 g/mol. The van der Waals surface area contributed by atoms with Gasteiger partial charge in [0, 0.05) is 6.61 Å². The lowest BCUT2D eigenvalue weighted by atomic mass is 9.77. The van der Waals surface area contributed by atoms with E-state index in [1.165, 1.54) is 12.1 Å². The molecule has 0 saturated carbocycles. The van der Waals surface area contributed by atoms with Crippen molar-refractivity contribution in [2.75, 3.05) is 6.61 Å². The summed E-state index contributed by atoms with van der Waals surface area (Å²) in [6.07, 6.45) is 2.06. The van der Waals surface area contributed by atoms with Crippen LogP contribution in [0.4, 0.5) is 4.39 Å². The summed E-state index contributed by atoms with van der Waals surface area (Å²) in [6.45, 7) is 5.20. The second-order valence-electron chi connectivity index (χ2n) is 4.81. The molecule has 0 aliphatic heterocycles. The Bertz CT molecular complexity index is 369. The molecule has 0 fully saturated rings. The zero-order valence-corrected chi connectivity index (χ0v) is 10.9. The molecule has 18 heavy (non-hydrogen) atoms. The van der Waals surface area contributed by atoms with Crippen LogP contribution < -0.4 is 5.46 Å². The van der Waals surface area contributed by atoms with Crippen molar-refractivity contribution in [1.29, 1.82) is 0 Å².